The summed E-state index contributed by atoms with van der Waals surface area (Å²) in [5.74, 6) is 4.90. The average Bonchev–Trinajstić information content (AvgIpc) is 4.22. The Labute approximate surface area is 390 Å². The predicted molar refractivity (Wildman–Crippen MR) is 262 cm³/mol. The molecule has 0 radical (unpaired) electrons. The number of amides is 1. The number of hydrogen-bond donors (Lipinski definition) is 1. The Balaban J connectivity index is 0.719. The molecule has 1 amide bonds. The molecular weight excluding hydrogens is 851 g/mol. The van der Waals surface area contributed by atoms with Crippen molar-refractivity contribution in [2.75, 3.05) is 56.2 Å². The van der Waals surface area contributed by atoms with Crippen LogP contribution in [0.3, 0.4) is 0 Å². The van der Waals surface area contributed by atoms with Crippen molar-refractivity contribution in [2.45, 2.75) is 78.4 Å². The molecule has 6 aromatic rings. The SMILES string of the molecule is CCC1CC1C(C)C(C)C1CC1C1CN(CCCOc2ccc3cc(CCc4sc(N5CCc6cccc(C(=O)N(C)c7nc8ccccc8s7)c6C5)nc4C(=O)O)ccc3c2)CCO1. The van der Waals surface area contributed by atoms with E-state index in [0.29, 0.717) is 54.5 Å². The lowest BCUT2D eigenvalue weighted by molar-refractivity contribution is -0.0443. The van der Waals surface area contributed by atoms with Crippen LogP contribution in [0, 0.1) is 35.5 Å². The molecule has 12 heteroatoms. The summed E-state index contributed by atoms with van der Waals surface area (Å²) in [5.41, 5.74) is 4.83. The molecule has 1 N–H and O–H groups in total. The Bertz CT molecular complexity index is 2660. The maximum Gasteiger partial charge on any atom is 0.355 e. The molecule has 4 heterocycles. The van der Waals surface area contributed by atoms with Crippen molar-refractivity contribution in [3.8, 4) is 5.75 Å². The number of carboxylic acids is 1. The molecule has 340 valence electrons. The fraction of sp³-hybridized carbons (Fsp3) is 0.472. The standard InChI is InChI=1S/C53H61N5O5S2/c1-5-35-28-41(35)32(2)33(3)42-29-43(42)46-31-57(23-25-63-46)21-9-24-62-39-18-17-37-26-34(14-16-38(37)27-39)15-19-48-49(51(60)61)55-53(65-48)58-22-20-36-10-8-11-40(44(36)30-58)50(59)56(4)52-54-45-12-6-7-13-47(45)64-52/h6-8,10-14,16-18,26-27,32-33,35,41-43,46H,5,9,15,19-25,28-31H2,1-4H3,(H,60,61). The van der Waals surface area contributed by atoms with Crippen LogP contribution in [0.1, 0.15) is 88.9 Å². The van der Waals surface area contributed by atoms with Crippen LogP contribution in [-0.4, -0.2) is 84.4 Å². The number of hydrogen-bond acceptors (Lipinski definition) is 10. The van der Waals surface area contributed by atoms with Gasteiger partial charge in [-0.15, -0.1) is 11.3 Å². The normalized spacial score (nSPS) is 22.7. The molecule has 10 nitrogen and oxygen atoms in total. The summed E-state index contributed by atoms with van der Waals surface area (Å²) in [7, 11) is 1.77. The molecule has 4 aromatic carbocycles. The van der Waals surface area contributed by atoms with Crippen molar-refractivity contribution in [1.82, 2.24) is 14.9 Å². The number of fused-ring (bicyclic) bond motifs is 3. The molecule has 65 heavy (non-hydrogen) atoms. The second-order valence-electron chi connectivity index (χ2n) is 19.1. The number of nitrogens with zero attached hydrogens (tertiary/aromatic N) is 5. The molecule has 7 unspecified atom stereocenters. The van der Waals surface area contributed by atoms with Gasteiger partial charge in [0.2, 0.25) is 0 Å². The van der Waals surface area contributed by atoms with Crippen LogP contribution in [0.4, 0.5) is 10.3 Å². The minimum absolute atomic E-state index is 0.108. The van der Waals surface area contributed by atoms with Crippen LogP contribution in [0.15, 0.2) is 78.9 Å². The van der Waals surface area contributed by atoms with Crippen molar-refractivity contribution in [2.24, 2.45) is 35.5 Å². The van der Waals surface area contributed by atoms with E-state index in [1.807, 2.05) is 36.4 Å². The Morgan fingerprint density at radius 2 is 1.77 bits per heavy atom. The van der Waals surface area contributed by atoms with Crippen molar-refractivity contribution in [3.63, 3.8) is 0 Å². The van der Waals surface area contributed by atoms with Crippen molar-refractivity contribution < 1.29 is 24.2 Å². The summed E-state index contributed by atoms with van der Waals surface area (Å²) >= 11 is 2.94. The van der Waals surface area contributed by atoms with Crippen LogP contribution >= 0.6 is 22.7 Å². The maximum atomic E-state index is 14.0. The zero-order valence-electron chi connectivity index (χ0n) is 38.1. The third-order valence-electron chi connectivity index (χ3n) is 15.2. The van der Waals surface area contributed by atoms with Gasteiger partial charge in [-0.1, -0.05) is 87.1 Å². The van der Waals surface area contributed by atoms with Crippen LogP contribution in [0.2, 0.25) is 0 Å². The lowest BCUT2D eigenvalue weighted by Crippen LogP contribution is -2.44. The monoisotopic (exact) mass is 911 g/mol. The number of aromatic nitrogens is 2. The second kappa shape index (κ2) is 18.8. The number of carbonyl (C=O) groups is 2. The van der Waals surface area contributed by atoms with E-state index in [-0.39, 0.29) is 11.6 Å². The topological polar surface area (TPSA) is 108 Å². The van der Waals surface area contributed by atoms with Gasteiger partial charge in [0, 0.05) is 50.2 Å². The van der Waals surface area contributed by atoms with Gasteiger partial charge in [0.15, 0.2) is 16.0 Å². The molecule has 2 aliphatic heterocycles. The van der Waals surface area contributed by atoms with E-state index in [4.69, 9.17) is 14.5 Å². The molecule has 10 rings (SSSR count). The number of carbonyl (C=O) groups excluding carboxylic acids is 1. The zero-order chi connectivity index (χ0) is 44.8. The lowest BCUT2D eigenvalue weighted by atomic mass is 9.85. The van der Waals surface area contributed by atoms with E-state index in [1.54, 1.807) is 11.9 Å². The molecule has 2 aliphatic carbocycles. The summed E-state index contributed by atoms with van der Waals surface area (Å²) < 4.78 is 13.6. The van der Waals surface area contributed by atoms with Crippen molar-refractivity contribution in [1.29, 1.82) is 0 Å². The maximum absolute atomic E-state index is 14.0. The van der Waals surface area contributed by atoms with E-state index < -0.39 is 5.97 Å². The van der Waals surface area contributed by atoms with E-state index in [0.717, 1.165) is 123 Å². The number of morpholine rings is 1. The molecule has 3 fully saturated rings. The fourth-order valence-corrected chi connectivity index (χ4v) is 12.9. The van der Waals surface area contributed by atoms with Gasteiger partial charge in [-0.05, 0) is 132 Å². The first-order valence-corrected chi connectivity index (χ1v) is 25.5. The Kier molecular flexibility index (Phi) is 12.7. The minimum Gasteiger partial charge on any atom is -0.494 e. The summed E-state index contributed by atoms with van der Waals surface area (Å²) in [6, 6.07) is 26.6. The van der Waals surface area contributed by atoms with Gasteiger partial charge in [0.05, 0.1) is 29.5 Å². The molecule has 1 saturated heterocycles. The first-order valence-electron chi connectivity index (χ1n) is 23.8. The fourth-order valence-electron chi connectivity index (χ4n) is 10.9. The van der Waals surface area contributed by atoms with E-state index in [9.17, 15) is 14.7 Å². The highest BCUT2D eigenvalue weighted by molar-refractivity contribution is 7.22. The van der Waals surface area contributed by atoms with Crippen molar-refractivity contribution in [3.05, 3.63) is 112 Å². The zero-order valence-corrected chi connectivity index (χ0v) is 39.7. The number of thiazole rings is 2. The van der Waals surface area contributed by atoms with Crippen LogP contribution in [0.5, 0.6) is 5.75 Å². The molecular formula is C53H61N5O5S2. The minimum atomic E-state index is -1.02. The number of aryl methyl sites for hydroxylation is 2. The van der Waals surface area contributed by atoms with Crippen LogP contribution in [0.25, 0.3) is 21.0 Å². The number of rotatable bonds is 17. The summed E-state index contributed by atoms with van der Waals surface area (Å²) in [4.78, 5) is 42.9. The molecule has 7 atom stereocenters. The number of ether oxygens (including phenoxy) is 2. The molecule has 0 bridgehead atoms. The highest BCUT2D eigenvalue weighted by Crippen LogP contribution is 2.56. The number of anilines is 2. The van der Waals surface area contributed by atoms with Crippen molar-refractivity contribution >= 4 is 65.8 Å². The third kappa shape index (κ3) is 9.42. The number of carboxylic acid groups (broad SMARTS) is 1. The Morgan fingerprint density at radius 1 is 0.938 bits per heavy atom. The largest absolute Gasteiger partial charge is 0.494 e. The van der Waals surface area contributed by atoms with Crippen LogP contribution < -0.4 is 14.5 Å². The van der Waals surface area contributed by atoms with Crippen LogP contribution in [-0.2, 0) is 30.5 Å². The van der Waals surface area contributed by atoms with E-state index >= 15 is 0 Å². The van der Waals surface area contributed by atoms with Gasteiger partial charge in [0.25, 0.3) is 5.91 Å². The lowest BCUT2D eigenvalue weighted by Gasteiger charge is -2.34. The van der Waals surface area contributed by atoms with Gasteiger partial charge in [-0.2, -0.15) is 0 Å². The van der Waals surface area contributed by atoms with Gasteiger partial charge >= 0.3 is 5.97 Å². The highest BCUT2D eigenvalue weighted by Gasteiger charge is 2.52. The Morgan fingerprint density at radius 3 is 2.60 bits per heavy atom. The van der Waals surface area contributed by atoms with Gasteiger partial charge in [-0.25, -0.2) is 14.8 Å². The number of aromatic carboxylic acids is 1. The second-order valence-corrected chi connectivity index (χ2v) is 21.2. The number of benzene rings is 4. The first kappa shape index (κ1) is 44.0. The van der Waals surface area contributed by atoms with Gasteiger partial charge in [0.1, 0.15) is 5.75 Å². The summed E-state index contributed by atoms with van der Waals surface area (Å²) in [6.45, 7) is 13.1. The highest BCUT2D eigenvalue weighted by atomic mass is 32.1. The quantitative estimate of drug-likeness (QED) is 0.0895. The molecule has 2 aromatic heterocycles. The summed E-state index contributed by atoms with van der Waals surface area (Å²) in [5, 5.41) is 13.8. The Hall–Kier alpha value is -4.88. The molecule has 2 saturated carbocycles. The summed E-state index contributed by atoms with van der Waals surface area (Å²) in [6.07, 6.45) is 7.49. The van der Waals surface area contributed by atoms with E-state index in [1.165, 1.54) is 41.9 Å². The smallest absolute Gasteiger partial charge is 0.355 e. The molecule has 4 aliphatic rings. The third-order valence-corrected chi connectivity index (χ3v) is 17.5. The average molecular weight is 912 g/mol. The van der Waals surface area contributed by atoms with Gasteiger partial charge in [-0.3, -0.25) is 14.6 Å². The van der Waals surface area contributed by atoms with Gasteiger partial charge < -0.3 is 19.5 Å². The number of para-hydroxylation sites is 1. The molecule has 0 spiro atoms. The predicted octanol–water partition coefficient (Wildman–Crippen LogP) is 10.7. The van der Waals surface area contributed by atoms with E-state index in [2.05, 4.69) is 78.0 Å². The first-order chi connectivity index (χ1) is 31.6.